The van der Waals surface area contributed by atoms with Crippen molar-refractivity contribution >= 4 is 11.7 Å². The normalized spacial score (nSPS) is 14.7. The molecular weight excluding hydrogens is 194 g/mol. The number of para-hydroxylation sites is 1. The van der Waals surface area contributed by atoms with Gasteiger partial charge in [0.2, 0.25) is 0 Å². The highest BCUT2D eigenvalue weighted by Gasteiger charge is 2.25. The number of aromatic carboxylic acids is 1. The average Bonchev–Trinajstić information content (AvgIpc) is 3.01. The summed E-state index contributed by atoms with van der Waals surface area (Å²) in [6.45, 7) is 0. The van der Waals surface area contributed by atoms with E-state index in [0.717, 1.165) is 12.8 Å². The lowest BCUT2D eigenvalue weighted by atomic mass is 10.1. The lowest BCUT2D eigenvalue weighted by Gasteiger charge is -2.12. The van der Waals surface area contributed by atoms with Gasteiger partial charge in [-0.3, -0.25) is 0 Å². The van der Waals surface area contributed by atoms with E-state index in [4.69, 9.17) is 9.84 Å². The smallest absolute Gasteiger partial charge is 0.337 e. The van der Waals surface area contributed by atoms with Gasteiger partial charge in [-0.25, -0.2) is 4.79 Å². The van der Waals surface area contributed by atoms with Gasteiger partial charge < -0.3 is 15.2 Å². The predicted molar refractivity (Wildman–Crippen MR) is 56.6 cm³/mol. The molecule has 0 bridgehead atoms. The second kappa shape index (κ2) is 3.81. The van der Waals surface area contributed by atoms with Crippen molar-refractivity contribution in [3.63, 3.8) is 0 Å². The number of anilines is 1. The van der Waals surface area contributed by atoms with E-state index < -0.39 is 5.97 Å². The molecular formula is C11H13NO3. The monoisotopic (exact) mass is 207 g/mol. The summed E-state index contributed by atoms with van der Waals surface area (Å²) in [5, 5.41) is 12.2. The molecule has 1 fully saturated rings. The molecule has 0 radical (unpaired) electrons. The fourth-order valence-electron chi connectivity index (χ4n) is 1.46. The van der Waals surface area contributed by atoms with Gasteiger partial charge in [0.25, 0.3) is 0 Å². The third-order valence-corrected chi connectivity index (χ3v) is 2.40. The first kappa shape index (κ1) is 9.83. The fraction of sp³-hybridized carbons (Fsp3) is 0.364. The summed E-state index contributed by atoms with van der Waals surface area (Å²) in [7, 11) is 1.54. The van der Waals surface area contributed by atoms with E-state index in [0.29, 0.717) is 17.5 Å². The van der Waals surface area contributed by atoms with Gasteiger partial charge in [0.15, 0.2) is 0 Å². The van der Waals surface area contributed by atoms with Crippen molar-refractivity contribution in [2.45, 2.75) is 18.9 Å². The van der Waals surface area contributed by atoms with Crippen LogP contribution in [0.2, 0.25) is 0 Å². The molecule has 0 spiro atoms. The first-order valence-electron chi connectivity index (χ1n) is 4.89. The Morgan fingerprint density at radius 1 is 1.53 bits per heavy atom. The number of ether oxygens (including phenoxy) is 1. The minimum absolute atomic E-state index is 0.265. The Morgan fingerprint density at radius 3 is 2.80 bits per heavy atom. The number of carboxylic acid groups (broad SMARTS) is 1. The molecule has 4 nitrogen and oxygen atoms in total. The van der Waals surface area contributed by atoms with E-state index in [1.807, 2.05) is 0 Å². The van der Waals surface area contributed by atoms with Crippen molar-refractivity contribution in [3.05, 3.63) is 23.8 Å². The van der Waals surface area contributed by atoms with Gasteiger partial charge >= 0.3 is 5.97 Å². The number of methoxy groups -OCH3 is 1. The summed E-state index contributed by atoms with van der Waals surface area (Å²) >= 11 is 0. The molecule has 0 amide bonds. The quantitative estimate of drug-likeness (QED) is 0.792. The molecule has 0 heterocycles. The molecule has 0 saturated heterocycles. The van der Waals surface area contributed by atoms with Gasteiger partial charge in [-0.2, -0.15) is 0 Å². The zero-order chi connectivity index (χ0) is 10.8. The van der Waals surface area contributed by atoms with Crippen LogP contribution in [0.4, 0.5) is 5.69 Å². The number of rotatable bonds is 4. The van der Waals surface area contributed by atoms with Crippen LogP contribution in [0.1, 0.15) is 23.2 Å². The van der Waals surface area contributed by atoms with Crippen LogP contribution in [0, 0.1) is 0 Å². The highest BCUT2D eigenvalue weighted by atomic mass is 16.5. The van der Waals surface area contributed by atoms with Crippen LogP contribution in [0.5, 0.6) is 5.75 Å². The van der Waals surface area contributed by atoms with E-state index in [-0.39, 0.29) is 5.56 Å². The highest BCUT2D eigenvalue weighted by molar-refractivity contribution is 5.96. The van der Waals surface area contributed by atoms with Crippen molar-refractivity contribution in [1.29, 1.82) is 0 Å². The second-order valence-corrected chi connectivity index (χ2v) is 3.61. The number of nitrogens with one attached hydrogen (secondary N) is 1. The lowest BCUT2D eigenvalue weighted by Crippen LogP contribution is -2.09. The van der Waals surface area contributed by atoms with Crippen molar-refractivity contribution < 1.29 is 14.6 Å². The Kier molecular flexibility index (Phi) is 2.49. The zero-order valence-electron chi connectivity index (χ0n) is 8.49. The highest BCUT2D eigenvalue weighted by Crippen LogP contribution is 2.33. The van der Waals surface area contributed by atoms with Crippen LogP contribution < -0.4 is 10.1 Å². The van der Waals surface area contributed by atoms with Gasteiger partial charge in [-0.15, -0.1) is 0 Å². The summed E-state index contributed by atoms with van der Waals surface area (Å²) in [5.74, 6) is -0.348. The number of hydrogen-bond donors (Lipinski definition) is 2. The van der Waals surface area contributed by atoms with Crippen molar-refractivity contribution in [1.82, 2.24) is 0 Å². The third-order valence-electron chi connectivity index (χ3n) is 2.40. The molecule has 1 aromatic rings. The Labute approximate surface area is 87.9 Å². The molecule has 2 rings (SSSR count). The number of carboxylic acids is 1. The Balaban J connectivity index is 2.38. The number of carbonyl (C=O) groups is 1. The molecule has 0 unspecified atom stereocenters. The molecule has 80 valence electrons. The van der Waals surface area contributed by atoms with Crippen LogP contribution in [0.3, 0.4) is 0 Å². The summed E-state index contributed by atoms with van der Waals surface area (Å²) in [4.78, 5) is 11.0. The largest absolute Gasteiger partial charge is 0.495 e. The maximum absolute atomic E-state index is 11.0. The second-order valence-electron chi connectivity index (χ2n) is 3.61. The molecule has 0 aromatic heterocycles. The molecule has 0 aliphatic heterocycles. The standard InChI is InChI=1S/C11H13NO3/c1-15-9-4-2-3-8(11(13)14)10(9)12-7-5-6-7/h2-4,7,12H,5-6H2,1H3,(H,13,14). The molecule has 1 aromatic carbocycles. The van der Waals surface area contributed by atoms with Crippen LogP contribution >= 0.6 is 0 Å². The van der Waals surface area contributed by atoms with E-state index >= 15 is 0 Å². The van der Waals surface area contributed by atoms with Crippen LogP contribution in [-0.4, -0.2) is 24.2 Å². The Bertz CT molecular complexity index is 385. The van der Waals surface area contributed by atoms with Gasteiger partial charge in [-0.05, 0) is 25.0 Å². The van der Waals surface area contributed by atoms with Gasteiger partial charge in [0, 0.05) is 6.04 Å². The van der Waals surface area contributed by atoms with Gasteiger partial charge in [0.1, 0.15) is 5.75 Å². The van der Waals surface area contributed by atoms with Crippen LogP contribution in [0.15, 0.2) is 18.2 Å². The first-order valence-corrected chi connectivity index (χ1v) is 4.89. The number of benzene rings is 1. The maximum atomic E-state index is 11.0. The minimum atomic E-state index is -0.933. The zero-order valence-corrected chi connectivity index (χ0v) is 8.49. The molecule has 0 atom stereocenters. The Morgan fingerprint density at radius 2 is 2.27 bits per heavy atom. The SMILES string of the molecule is COc1cccc(C(=O)O)c1NC1CC1. The van der Waals surface area contributed by atoms with E-state index in [9.17, 15) is 4.79 Å². The van der Waals surface area contributed by atoms with Gasteiger partial charge in [-0.1, -0.05) is 6.07 Å². The molecule has 1 saturated carbocycles. The Hall–Kier alpha value is -1.71. The topological polar surface area (TPSA) is 58.6 Å². The van der Waals surface area contributed by atoms with Crippen molar-refractivity contribution in [2.24, 2.45) is 0 Å². The summed E-state index contributed by atoms with van der Waals surface area (Å²) < 4.78 is 5.14. The molecule has 1 aliphatic rings. The fourth-order valence-corrected chi connectivity index (χ4v) is 1.46. The molecule has 15 heavy (non-hydrogen) atoms. The minimum Gasteiger partial charge on any atom is -0.495 e. The summed E-state index contributed by atoms with van der Waals surface area (Å²) in [6, 6.07) is 5.42. The molecule has 1 aliphatic carbocycles. The number of hydrogen-bond acceptors (Lipinski definition) is 3. The van der Waals surface area contributed by atoms with Gasteiger partial charge in [0.05, 0.1) is 18.4 Å². The van der Waals surface area contributed by atoms with Crippen LogP contribution in [-0.2, 0) is 0 Å². The maximum Gasteiger partial charge on any atom is 0.337 e. The third kappa shape index (κ3) is 2.03. The van der Waals surface area contributed by atoms with E-state index in [1.54, 1.807) is 25.3 Å². The van der Waals surface area contributed by atoms with Crippen molar-refractivity contribution in [2.75, 3.05) is 12.4 Å². The summed E-state index contributed by atoms with van der Waals surface area (Å²) in [5.41, 5.74) is 0.858. The van der Waals surface area contributed by atoms with Crippen LogP contribution in [0.25, 0.3) is 0 Å². The average molecular weight is 207 g/mol. The summed E-state index contributed by atoms with van der Waals surface area (Å²) in [6.07, 6.45) is 2.19. The predicted octanol–water partition coefficient (Wildman–Crippen LogP) is 1.97. The first-order chi connectivity index (χ1) is 7.22. The lowest BCUT2D eigenvalue weighted by molar-refractivity contribution is 0.0697. The van der Waals surface area contributed by atoms with Crippen molar-refractivity contribution in [3.8, 4) is 5.75 Å². The van der Waals surface area contributed by atoms with E-state index in [2.05, 4.69) is 5.32 Å². The molecule has 2 N–H and O–H groups in total. The molecule has 4 heteroatoms. The van der Waals surface area contributed by atoms with E-state index in [1.165, 1.54) is 0 Å².